The standard InChI is InChI=1S/C31H38Cl2N4/c1-2-37(31(24-8-4-3-5-9-24)25-10-12-26(32)13-11-25)23-7-20-34-19-6-21-35-30-18-22-36-29-17-15-27(33)14-16-28(29)30/h3-5,8-14,16,18,22,29,31,34-35H,2,6-7,15,17,19-21,23H2,1H3. The maximum Gasteiger partial charge on any atom is 0.0772 e. The molecular weight excluding hydrogens is 499 g/mol. The number of dihydropyridines is 1. The van der Waals surface area contributed by atoms with E-state index in [1.807, 2.05) is 24.4 Å². The summed E-state index contributed by atoms with van der Waals surface area (Å²) in [7, 11) is 0. The largest absolute Gasteiger partial charge is 0.385 e. The van der Waals surface area contributed by atoms with Crippen LogP contribution in [0.25, 0.3) is 0 Å². The molecule has 0 bridgehead atoms. The molecule has 1 heterocycles. The summed E-state index contributed by atoms with van der Waals surface area (Å²) in [4.78, 5) is 7.18. The fraction of sp³-hybridized carbons (Fsp3) is 0.387. The van der Waals surface area contributed by atoms with Crippen LogP contribution in [0.1, 0.15) is 49.8 Å². The molecular formula is C31H38Cl2N4. The highest BCUT2D eigenvalue weighted by Gasteiger charge is 2.22. The molecule has 1 aliphatic heterocycles. The van der Waals surface area contributed by atoms with Gasteiger partial charge >= 0.3 is 0 Å². The summed E-state index contributed by atoms with van der Waals surface area (Å²) in [5.74, 6) is 0. The molecule has 0 saturated heterocycles. The smallest absolute Gasteiger partial charge is 0.0772 e. The Bertz CT molecular complexity index is 1110. The van der Waals surface area contributed by atoms with E-state index in [-0.39, 0.29) is 12.1 Å². The molecule has 6 heteroatoms. The quantitative estimate of drug-likeness (QED) is 0.274. The molecule has 0 radical (unpaired) electrons. The summed E-state index contributed by atoms with van der Waals surface area (Å²) in [6, 6.07) is 19.5. The molecule has 2 aromatic rings. The van der Waals surface area contributed by atoms with E-state index >= 15 is 0 Å². The molecule has 196 valence electrons. The fourth-order valence-electron chi connectivity index (χ4n) is 5.04. The first-order chi connectivity index (χ1) is 18.2. The van der Waals surface area contributed by atoms with Crippen molar-refractivity contribution in [3.05, 3.63) is 105 Å². The van der Waals surface area contributed by atoms with Crippen molar-refractivity contribution in [1.82, 2.24) is 15.5 Å². The minimum absolute atomic E-state index is 0.215. The Kier molecular flexibility index (Phi) is 10.9. The Morgan fingerprint density at radius 1 is 0.919 bits per heavy atom. The zero-order valence-electron chi connectivity index (χ0n) is 21.7. The molecule has 2 N–H and O–H groups in total. The number of aliphatic imine (C=N–C) groups is 1. The number of nitrogens with zero attached hydrogens (tertiary/aromatic N) is 2. The van der Waals surface area contributed by atoms with Crippen molar-refractivity contribution < 1.29 is 0 Å². The SMILES string of the molecule is CCN(CCCNCCCNC1=CC=NC2CCC(Cl)=CC=C12)C(c1ccccc1)c1ccc(Cl)cc1. The lowest BCUT2D eigenvalue weighted by Gasteiger charge is -2.32. The predicted octanol–water partition coefficient (Wildman–Crippen LogP) is 6.89. The Hall–Kier alpha value is -2.37. The van der Waals surface area contributed by atoms with Crippen LogP contribution in [0.2, 0.25) is 5.02 Å². The second-order valence-electron chi connectivity index (χ2n) is 9.55. The highest BCUT2D eigenvalue weighted by molar-refractivity contribution is 6.30. The number of benzene rings is 2. The summed E-state index contributed by atoms with van der Waals surface area (Å²) in [5.41, 5.74) is 5.02. The summed E-state index contributed by atoms with van der Waals surface area (Å²) in [6.45, 7) is 7.19. The summed E-state index contributed by atoms with van der Waals surface area (Å²) >= 11 is 12.4. The van der Waals surface area contributed by atoms with Gasteiger partial charge in [0.2, 0.25) is 0 Å². The number of allylic oxidation sites excluding steroid dienone is 4. The van der Waals surface area contributed by atoms with Crippen LogP contribution in [0.4, 0.5) is 0 Å². The number of nitrogens with one attached hydrogen (secondary N) is 2. The van der Waals surface area contributed by atoms with Gasteiger partial charge in [0.1, 0.15) is 0 Å². The molecule has 0 aromatic heterocycles. The van der Waals surface area contributed by atoms with E-state index in [0.717, 1.165) is 68.5 Å². The molecule has 2 aromatic carbocycles. The molecule has 2 aliphatic rings. The van der Waals surface area contributed by atoms with E-state index in [9.17, 15) is 0 Å². The number of hydrogen-bond acceptors (Lipinski definition) is 4. The van der Waals surface area contributed by atoms with Crippen molar-refractivity contribution in [3.8, 4) is 0 Å². The van der Waals surface area contributed by atoms with Crippen molar-refractivity contribution in [2.45, 2.75) is 44.7 Å². The van der Waals surface area contributed by atoms with Crippen LogP contribution in [0.3, 0.4) is 0 Å². The van der Waals surface area contributed by atoms with E-state index in [4.69, 9.17) is 23.2 Å². The minimum Gasteiger partial charge on any atom is -0.385 e. The van der Waals surface area contributed by atoms with Gasteiger partial charge in [-0.05, 0) is 86.3 Å². The highest BCUT2D eigenvalue weighted by atomic mass is 35.5. The van der Waals surface area contributed by atoms with Gasteiger partial charge in [-0.1, -0.05) is 78.7 Å². The fourth-order valence-corrected chi connectivity index (χ4v) is 5.34. The van der Waals surface area contributed by atoms with Gasteiger partial charge in [0, 0.05) is 35.1 Å². The van der Waals surface area contributed by atoms with Crippen molar-refractivity contribution in [1.29, 1.82) is 0 Å². The van der Waals surface area contributed by atoms with Crippen molar-refractivity contribution >= 4 is 29.4 Å². The molecule has 0 saturated carbocycles. The molecule has 1 aliphatic carbocycles. The lowest BCUT2D eigenvalue weighted by molar-refractivity contribution is 0.233. The summed E-state index contributed by atoms with van der Waals surface area (Å²) in [6.07, 6.45) is 12.2. The first-order valence-electron chi connectivity index (χ1n) is 13.4. The first-order valence-corrected chi connectivity index (χ1v) is 14.2. The normalized spacial score (nSPS) is 17.9. The van der Waals surface area contributed by atoms with E-state index < -0.39 is 0 Å². The van der Waals surface area contributed by atoms with Gasteiger partial charge in [0.25, 0.3) is 0 Å². The Balaban J connectivity index is 1.21. The van der Waals surface area contributed by atoms with Crippen LogP contribution in [0, 0.1) is 0 Å². The third kappa shape index (κ3) is 8.05. The van der Waals surface area contributed by atoms with Gasteiger partial charge in [0.15, 0.2) is 0 Å². The van der Waals surface area contributed by atoms with Crippen LogP contribution in [-0.2, 0) is 0 Å². The molecule has 37 heavy (non-hydrogen) atoms. The number of fused-ring (bicyclic) bond motifs is 1. The van der Waals surface area contributed by atoms with Gasteiger partial charge in [-0.15, -0.1) is 0 Å². The van der Waals surface area contributed by atoms with Crippen molar-refractivity contribution in [3.63, 3.8) is 0 Å². The monoisotopic (exact) mass is 536 g/mol. The third-order valence-electron chi connectivity index (χ3n) is 6.99. The van der Waals surface area contributed by atoms with Crippen molar-refractivity contribution in [2.24, 2.45) is 4.99 Å². The highest BCUT2D eigenvalue weighted by Crippen LogP contribution is 2.30. The van der Waals surface area contributed by atoms with Crippen LogP contribution in [0.5, 0.6) is 0 Å². The van der Waals surface area contributed by atoms with Crippen molar-refractivity contribution in [2.75, 3.05) is 32.7 Å². The van der Waals surface area contributed by atoms with Gasteiger partial charge in [-0.2, -0.15) is 0 Å². The summed E-state index contributed by atoms with van der Waals surface area (Å²) in [5, 5.41) is 8.92. The number of halogens is 2. The maximum absolute atomic E-state index is 6.24. The Morgan fingerprint density at radius 3 is 2.46 bits per heavy atom. The van der Waals surface area contributed by atoms with Gasteiger partial charge in [-0.25, -0.2) is 0 Å². The summed E-state index contributed by atoms with van der Waals surface area (Å²) < 4.78 is 0. The van der Waals surface area contributed by atoms with Crippen LogP contribution in [-0.4, -0.2) is 49.9 Å². The lowest BCUT2D eigenvalue weighted by Crippen LogP contribution is -2.32. The van der Waals surface area contributed by atoms with Gasteiger partial charge < -0.3 is 10.6 Å². The Labute approximate surface area is 232 Å². The topological polar surface area (TPSA) is 39.7 Å². The van der Waals surface area contributed by atoms with Gasteiger partial charge in [0.05, 0.1) is 12.1 Å². The van der Waals surface area contributed by atoms with Crippen LogP contribution >= 0.6 is 23.2 Å². The van der Waals surface area contributed by atoms with Crippen LogP contribution < -0.4 is 10.6 Å². The van der Waals surface area contributed by atoms with Gasteiger partial charge in [-0.3, -0.25) is 9.89 Å². The number of hydrogen-bond donors (Lipinski definition) is 2. The average Bonchev–Trinajstić information content (AvgIpc) is 3.12. The second kappa shape index (κ2) is 14.5. The zero-order valence-corrected chi connectivity index (χ0v) is 23.2. The molecule has 4 rings (SSSR count). The van der Waals surface area contributed by atoms with E-state index in [1.54, 1.807) is 0 Å². The molecule has 4 nitrogen and oxygen atoms in total. The molecule has 2 atom stereocenters. The predicted molar refractivity (Wildman–Crippen MR) is 159 cm³/mol. The van der Waals surface area contributed by atoms with E-state index in [2.05, 4.69) is 82.1 Å². The molecule has 0 fully saturated rings. The Morgan fingerprint density at radius 2 is 1.68 bits per heavy atom. The molecule has 0 amide bonds. The molecule has 2 unspecified atom stereocenters. The molecule has 0 spiro atoms. The first kappa shape index (κ1) is 27.7. The average molecular weight is 538 g/mol. The van der Waals surface area contributed by atoms with E-state index in [0.29, 0.717) is 0 Å². The zero-order chi connectivity index (χ0) is 25.9. The lowest BCUT2D eigenvalue weighted by atomic mass is 9.97. The third-order valence-corrected chi connectivity index (χ3v) is 7.56. The van der Waals surface area contributed by atoms with Crippen LogP contribution in [0.15, 0.2) is 94.1 Å². The number of rotatable bonds is 13. The minimum atomic E-state index is 0.215. The maximum atomic E-state index is 6.24. The van der Waals surface area contributed by atoms with E-state index in [1.165, 1.54) is 22.4 Å². The second-order valence-corrected chi connectivity index (χ2v) is 10.5.